The first-order valence-electron chi connectivity index (χ1n) is 7.74. The van der Waals surface area contributed by atoms with Crippen LogP contribution in [0.25, 0.3) is 11.6 Å². The van der Waals surface area contributed by atoms with Crippen molar-refractivity contribution in [2.75, 3.05) is 11.1 Å². The van der Waals surface area contributed by atoms with Crippen LogP contribution in [0.1, 0.15) is 12.5 Å². The number of nitrogens with zero attached hydrogens (tertiary/aromatic N) is 3. The molecule has 0 saturated carbocycles. The highest BCUT2D eigenvalue weighted by Crippen LogP contribution is 2.25. The molecule has 0 atom stereocenters. The van der Waals surface area contributed by atoms with E-state index in [0.29, 0.717) is 23.3 Å². The monoisotopic (exact) mass is 420 g/mol. The minimum Gasteiger partial charge on any atom is -0.461 e. The van der Waals surface area contributed by atoms with E-state index in [4.69, 9.17) is 4.42 Å². The number of aryl methyl sites for hydroxylation is 1. The summed E-state index contributed by atoms with van der Waals surface area (Å²) in [7, 11) is 0. The van der Waals surface area contributed by atoms with Crippen molar-refractivity contribution in [1.29, 1.82) is 0 Å². The molecule has 0 spiro atoms. The van der Waals surface area contributed by atoms with Crippen molar-refractivity contribution in [3.63, 3.8) is 0 Å². The van der Waals surface area contributed by atoms with Crippen molar-refractivity contribution in [2.24, 2.45) is 0 Å². The lowest BCUT2D eigenvalue weighted by Gasteiger charge is -2.09. The third kappa shape index (κ3) is 4.13. The van der Waals surface area contributed by atoms with Crippen molar-refractivity contribution >= 4 is 39.3 Å². The number of carbonyl (C=O) groups is 1. The molecule has 130 valence electrons. The second-order valence-electron chi connectivity index (χ2n) is 5.32. The van der Waals surface area contributed by atoms with E-state index in [9.17, 15) is 4.79 Å². The number of halogens is 1. The van der Waals surface area contributed by atoms with Gasteiger partial charge in [-0.15, -0.1) is 10.2 Å². The van der Waals surface area contributed by atoms with Crippen LogP contribution in [0, 0.1) is 6.92 Å². The van der Waals surface area contributed by atoms with E-state index in [-0.39, 0.29) is 11.7 Å². The van der Waals surface area contributed by atoms with Crippen molar-refractivity contribution in [3.05, 3.63) is 46.6 Å². The number of hydrogen-bond donors (Lipinski definition) is 1. The van der Waals surface area contributed by atoms with Gasteiger partial charge >= 0.3 is 0 Å². The number of nitrogens with one attached hydrogen (secondary N) is 1. The Kier molecular flexibility index (Phi) is 5.60. The summed E-state index contributed by atoms with van der Waals surface area (Å²) in [5.41, 5.74) is 1.81. The minimum absolute atomic E-state index is 0.0828. The van der Waals surface area contributed by atoms with Crippen LogP contribution in [0.4, 0.5) is 5.69 Å². The molecular formula is C17H17BrN4O2S. The molecule has 0 saturated heterocycles. The van der Waals surface area contributed by atoms with Gasteiger partial charge in [0.15, 0.2) is 16.7 Å². The molecule has 25 heavy (non-hydrogen) atoms. The van der Waals surface area contributed by atoms with Gasteiger partial charge in [-0.3, -0.25) is 9.36 Å². The predicted octanol–water partition coefficient (Wildman–Crippen LogP) is 4.36. The Bertz CT molecular complexity index is 877. The van der Waals surface area contributed by atoms with Gasteiger partial charge in [0, 0.05) is 16.7 Å². The van der Waals surface area contributed by atoms with Gasteiger partial charge in [0.25, 0.3) is 0 Å². The van der Waals surface area contributed by atoms with Crippen LogP contribution in [0.2, 0.25) is 0 Å². The normalized spacial score (nSPS) is 10.8. The largest absolute Gasteiger partial charge is 0.461 e. The maximum Gasteiger partial charge on any atom is 0.234 e. The first-order valence-corrected chi connectivity index (χ1v) is 9.52. The number of rotatable bonds is 6. The molecule has 1 aromatic carbocycles. The maximum absolute atomic E-state index is 12.2. The van der Waals surface area contributed by atoms with Gasteiger partial charge in [-0.1, -0.05) is 27.7 Å². The van der Waals surface area contributed by atoms with E-state index in [1.54, 1.807) is 6.26 Å². The van der Waals surface area contributed by atoms with Crippen molar-refractivity contribution in [3.8, 4) is 11.6 Å². The van der Waals surface area contributed by atoms with E-state index >= 15 is 0 Å². The Morgan fingerprint density at radius 3 is 2.88 bits per heavy atom. The number of furan rings is 1. The summed E-state index contributed by atoms with van der Waals surface area (Å²) in [5, 5.41) is 12.0. The van der Waals surface area contributed by atoms with Gasteiger partial charge in [-0.2, -0.15) is 0 Å². The molecule has 3 rings (SSSR count). The average Bonchev–Trinajstić information content (AvgIpc) is 3.24. The average molecular weight is 421 g/mol. The quantitative estimate of drug-likeness (QED) is 0.599. The smallest absolute Gasteiger partial charge is 0.234 e. The molecule has 0 fully saturated rings. The standard InChI is InChI=1S/C17H17BrN4O2S/c1-3-22-16(14-5-4-8-24-14)20-21-17(22)25-10-15(23)19-13-7-6-12(18)9-11(13)2/h4-9H,3,10H2,1-2H3,(H,19,23). The molecule has 2 heterocycles. The third-order valence-corrected chi connectivity index (χ3v) is 5.03. The molecule has 0 aliphatic heterocycles. The van der Waals surface area contributed by atoms with Crippen LogP contribution in [0.3, 0.4) is 0 Å². The van der Waals surface area contributed by atoms with Crippen LogP contribution in [0.5, 0.6) is 0 Å². The molecule has 0 unspecified atom stereocenters. The number of aromatic nitrogens is 3. The number of thioether (sulfide) groups is 1. The molecule has 8 heteroatoms. The highest BCUT2D eigenvalue weighted by molar-refractivity contribution is 9.10. The van der Waals surface area contributed by atoms with Gasteiger partial charge in [0.1, 0.15) is 0 Å². The fraction of sp³-hybridized carbons (Fsp3) is 0.235. The highest BCUT2D eigenvalue weighted by Gasteiger charge is 2.16. The molecule has 3 aromatic rings. The molecule has 6 nitrogen and oxygen atoms in total. The fourth-order valence-corrected chi connectivity index (χ4v) is 3.63. The SMILES string of the molecule is CCn1c(SCC(=O)Nc2ccc(Br)cc2C)nnc1-c1ccco1. The van der Waals surface area contributed by atoms with Crippen molar-refractivity contribution < 1.29 is 9.21 Å². The Morgan fingerprint density at radius 1 is 1.36 bits per heavy atom. The van der Waals surface area contributed by atoms with Gasteiger partial charge in [0.05, 0.1) is 12.0 Å². The number of hydrogen-bond acceptors (Lipinski definition) is 5. The number of amides is 1. The zero-order valence-electron chi connectivity index (χ0n) is 13.8. The summed E-state index contributed by atoms with van der Waals surface area (Å²) in [5.74, 6) is 1.50. The summed E-state index contributed by atoms with van der Waals surface area (Å²) in [4.78, 5) is 12.2. The summed E-state index contributed by atoms with van der Waals surface area (Å²) >= 11 is 4.77. The lowest BCUT2D eigenvalue weighted by atomic mass is 10.2. The third-order valence-electron chi connectivity index (χ3n) is 3.57. The zero-order chi connectivity index (χ0) is 17.8. The Hall–Kier alpha value is -2.06. The Labute approximate surface area is 158 Å². The molecule has 1 amide bonds. The molecule has 0 aliphatic rings. The van der Waals surface area contributed by atoms with Crippen LogP contribution >= 0.6 is 27.7 Å². The van der Waals surface area contributed by atoms with E-state index in [1.807, 2.05) is 48.7 Å². The highest BCUT2D eigenvalue weighted by atomic mass is 79.9. The maximum atomic E-state index is 12.2. The van der Waals surface area contributed by atoms with Gasteiger partial charge < -0.3 is 9.73 Å². The van der Waals surface area contributed by atoms with E-state index in [2.05, 4.69) is 31.4 Å². The lowest BCUT2D eigenvalue weighted by Crippen LogP contribution is -2.15. The molecule has 2 aromatic heterocycles. The summed E-state index contributed by atoms with van der Waals surface area (Å²) in [6, 6.07) is 9.40. The topological polar surface area (TPSA) is 73.0 Å². The van der Waals surface area contributed by atoms with Crippen LogP contribution in [-0.4, -0.2) is 26.4 Å². The van der Waals surface area contributed by atoms with Crippen LogP contribution in [0.15, 0.2) is 50.6 Å². The lowest BCUT2D eigenvalue weighted by molar-refractivity contribution is -0.113. The number of benzene rings is 1. The second-order valence-corrected chi connectivity index (χ2v) is 7.18. The fourth-order valence-electron chi connectivity index (χ4n) is 2.35. The molecule has 0 bridgehead atoms. The van der Waals surface area contributed by atoms with Crippen LogP contribution in [-0.2, 0) is 11.3 Å². The molecule has 0 aliphatic carbocycles. The van der Waals surface area contributed by atoms with E-state index in [0.717, 1.165) is 15.7 Å². The number of anilines is 1. The van der Waals surface area contributed by atoms with Gasteiger partial charge in [-0.05, 0) is 49.7 Å². The predicted molar refractivity (Wildman–Crippen MR) is 102 cm³/mol. The summed E-state index contributed by atoms with van der Waals surface area (Å²) in [6.07, 6.45) is 1.60. The Morgan fingerprint density at radius 2 is 2.20 bits per heavy atom. The Balaban J connectivity index is 1.66. The first-order chi connectivity index (χ1) is 12.1. The summed E-state index contributed by atoms with van der Waals surface area (Å²) in [6.45, 7) is 4.65. The van der Waals surface area contributed by atoms with Gasteiger partial charge in [-0.25, -0.2) is 0 Å². The molecule has 0 radical (unpaired) electrons. The summed E-state index contributed by atoms with van der Waals surface area (Å²) < 4.78 is 8.30. The van der Waals surface area contributed by atoms with Crippen molar-refractivity contribution in [1.82, 2.24) is 14.8 Å². The minimum atomic E-state index is -0.0828. The molecule has 1 N–H and O–H groups in total. The van der Waals surface area contributed by atoms with Crippen LogP contribution < -0.4 is 5.32 Å². The van der Waals surface area contributed by atoms with E-state index in [1.165, 1.54) is 11.8 Å². The first kappa shape index (κ1) is 17.8. The zero-order valence-corrected chi connectivity index (χ0v) is 16.2. The number of carbonyl (C=O) groups excluding carboxylic acids is 1. The molecular weight excluding hydrogens is 404 g/mol. The van der Waals surface area contributed by atoms with Gasteiger partial charge in [0.2, 0.25) is 5.91 Å². The second kappa shape index (κ2) is 7.88. The van der Waals surface area contributed by atoms with Crippen molar-refractivity contribution in [2.45, 2.75) is 25.5 Å². The van der Waals surface area contributed by atoms with E-state index < -0.39 is 0 Å².